The number of carbonyl (C=O) groups excluding carboxylic acids is 1. The summed E-state index contributed by atoms with van der Waals surface area (Å²) in [6, 6.07) is 5.67. The monoisotopic (exact) mass is 321 g/mol. The van der Waals surface area contributed by atoms with E-state index in [9.17, 15) is 4.79 Å². The van der Waals surface area contributed by atoms with Gasteiger partial charge >= 0.3 is 0 Å². The number of halogens is 1. The highest BCUT2D eigenvalue weighted by molar-refractivity contribution is 5.92. The zero-order valence-electron chi connectivity index (χ0n) is 12.3. The Morgan fingerprint density at radius 3 is 2.95 bits per heavy atom. The third kappa shape index (κ3) is 3.25. The molecule has 1 saturated heterocycles. The molecule has 1 unspecified atom stereocenters. The average Bonchev–Trinajstić information content (AvgIpc) is 3.03. The van der Waals surface area contributed by atoms with Crippen molar-refractivity contribution in [3.63, 3.8) is 0 Å². The van der Waals surface area contributed by atoms with Gasteiger partial charge in [0.25, 0.3) is 0 Å². The smallest absolute Gasteiger partial charge is 0.224 e. The molecule has 4 rings (SSSR count). The van der Waals surface area contributed by atoms with E-state index in [-0.39, 0.29) is 18.3 Å². The highest BCUT2D eigenvalue weighted by Gasteiger charge is 2.28. The first kappa shape index (κ1) is 15.3. The van der Waals surface area contributed by atoms with E-state index in [1.807, 2.05) is 18.2 Å². The molecule has 1 atom stereocenters. The summed E-state index contributed by atoms with van der Waals surface area (Å²) in [5.74, 6) is 1.88. The van der Waals surface area contributed by atoms with Crippen LogP contribution in [0.5, 0.6) is 0 Å². The highest BCUT2D eigenvalue weighted by Crippen LogP contribution is 2.40. The number of nitrogens with one attached hydrogen (secondary N) is 2. The minimum atomic E-state index is 0. The van der Waals surface area contributed by atoms with Gasteiger partial charge in [0.1, 0.15) is 5.52 Å². The number of nitrogens with zero attached hydrogens (tertiary/aromatic N) is 1. The van der Waals surface area contributed by atoms with Crippen LogP contribution in [0.4, 0.5) is 5.69 Å². The maximum absolute atomic E-state index is 12.0. The second-order valence-corrected chi connectivity index (χ2v) is 6.12. The molecule has 22 heavy (non-hydrogen) atoms. The summed E-state index contributed by atoms with van der Waals surface area (Å²) in [7, 11) is 0. The van der Waals surface area contributed by atoms with Crippen molar-refractivity contribution in [2.24, 2.45) is 5.92 Å². The van der Waals surface area contributed by atoms with Gasteiger partial charge in [0.15, 0.2) is 11.5 Å². The summed E-state index contributed by atoms with van der Waals surface area (Å²) in [5, 5.41) is 6.25. The molecule has 2 heterocycles. The molecule has 2 aromatic rings. The molecular formula is C16H20ClN3O2. The number of aromatic nitrogens is 1. The van der Waals surface area contributed by atoms with Crippen LogP contribution in [0, 0.1) is 5.92 Å². The first-order chi connectivity index (χ1) is 10.3. The first-order valence-electron chi connectivity index (χ1n) is 7.69. The van der Waals surface area contributed by atoms with Gasteiger partial charge < -0.3 is 15.1 Å². The zero-order chi connectivity index (χ0) is 14.2. The Balaban J connectivity index is 0.00000144. The topological polar surface area (TPSA) is 67.2 Å². The van der Waals surface area contributed by atoms with Gasteiger partial charge in [-0.05, 0) is 56.5 Å². The molecule has 1 aliphatic heterocycles. The summed E-state index contributed by atoms with van der Waals surface area (Å²) in [6.45, 7) is 1.97. The van der Waals surface area contributed by atoms with Gasteiger partial charge in [0, 0.05) is 18.0 Å². The number of oxazole rings is 1. The molecule has 2 fully saturated rings. The quantitative estimate of drug-likeness (QED) is 0.908. The average molecular weight is 322 g/mol. The molecule has 1 aromatic carbocycles. The standard InChI is InChI=1S/C16H19N3O2.ClH/c20-15(7-10-5-6-17-9-10)18-12-3-4-14-13(8-12)19-16(21-14)11-1-2-11;/h3-4,8,10-11,17H,1-2,5-7,9H2,(H,18,20);1H. The third-order valence-electron chi connectivity index (χ3n) is 4.25. The van der Waals surface area contributed by atoms with Crippen LogP contribution >= 0.6 is 12.4 Å². The number of anilines is 1. The van der Waals surface area contributed by atoms with E-state index < -0.39 is 0 Å². The molecule has 2 N–H and O–H groups in total. The van der Waals surface area contributed by atoms with Gasteiger partial charge in [0.2, 0.25) is 5.91 Å². The molecule has 1 aromatic heterocycles. The number of amides is 1. The second-order valence-electron chi connectivity index (χ2n) is 6.12. The lowest BCUT2D eigenvalue weighted by atomic mass is 10.0. The van der Waals surface area contributed by atoms with Crippen molar-refractivity contribution >= 4 is 35.1 Å². The van der Waals surface area contributed by atoms with E-state index in [0.29, 0.717) is 18.3 Å². The first-order valence-corrected chi connectivity index (χ1v) is 7.69. The van der Waals surface area contributed by atoms with Gasteiger partial charge in [-0.1, -0.05) is 0 Å². The lowest BCUT2D eigenvalue weighted by molar-refractivity contribution is -0.116. The van der Waals surface area contributed by atoms with E-state index in [1.165, 1.54) is 12.8 Å². The van der Waals surface area contributed by atoms with Crippen LogP contribution in [-0.2, 0) is 4.79 Å². The van der Waals surface area contributed by atoms with Crippen LogP contribution in [0.25, 0.3) is 11.1 Å². The minimum Gasteiger partial charge on any atom is -0.440 e. The maximum atomic E-state index is 12.0. The van der Waals surface area contributed by atoms with Gasteiger partial charge in [-0.25, -0.2) is 4.98 Å². The largest absolute Gasteiger partial charge is 0.440 e. The fourth-order valence-corrected chi connectivity index (χ4v) is 2.89. The van der Waals surface area contributed by atoms with Crippen LogP contribution in [-0.4, -0.2) is 24.0 Å². The molecule has 118 valence electrons. The Bertz CT molecular complexity index is 675. The summed E-state index contributed by atoms with van der Waals surface area (Å²) in [6.07, 6.45) is 4.01. The summed E-state index contributed by atoms with van der Waals surface area (Å²) >= 11 is 0. The van der Waals surface area contributed by atoms with Crippen LogP contribution in [0.3, 0.4) is 0 Å². The van der Waals surface area contributed by atoms with Crippen molar-refractivity contribution in [1.29, 1.82) is 0 Å². The fraction of sp³-hybridized carbons (Fsp3) is 0.500. The number of rotatable bonds is 4. The van der Waals surface area contributed by atoms with E-state index in [4.69, 9.17) is 4.42 Å². The van der Waals surface area contributed by atoms with Gasteiger partial charge in [-0.3, -0.25) is 4.79 Å². The maximum Gasteiger partial charge on any atom is 0.224 e. The number of hydrogen-bond donors (Lipinski definition) is 2. The molecule has 0 spiro atoms. The van der Waals surface area contributed by atoms with Crippen molar-refractivity contribution in [3.05, 3.63) is 24.1 Å². The summed E-state index contributed by atoms with van der Waals surface area (Å²) in [5.41, 5.74) is 2.43. The predicted octanol–water partition coefficient (Wildman–Crippen LogP) is 3.07. The summed E-state index contributed by atoms with van der Waals surface area (Å²) in [4.78, 5) is 16.6. The fourth-order valence-electron chi connectivity index (χ4n) is 2.89. The van der Waals surface area contributed by atoms with Crippen molar-refractivity contribution in [1.82, 2.24) is 10.3 Å². The number of benzene rings is 1. The molecule has 2 aliphatic rings. The van der Waals surface area contributed by atoms with Crippen molar-refractivity contribution < 1.29 is 9.21 Å². The van der Waals surface area contributed by atoms with Crippen LogP contribution in [0.1, 0.15) is 37.5 Å². The number of fused-ring (bicyclic) bond motifs is 1. The van der Waals surface area contributed by atoms with Gasteiger partial charge in [-0.2, -0.15) is 0 Å². The molecule has 1 saturated carbocycles. The van der Waals surface area contributed by atoms with E-state index in [1.54, 1.807) is 0 Å². The second kappa shape index (κ2) is 6.26. The van der Waals surface area contributed by atoms with Crippen LogP contribution in [0.15, 0.2) is 22.6 Å². The van der Waals surface area contributed by atoms with E-state index in [0.717, 1.165) is 42.2 Å². The number of hydrogen-bond acceptors (Lipinski definition) is 4. The molecular weight excluding hydrogens is 302 g/mol. The van der Waals surface area contributed by atoms with Crippen molar-refractivity contribution in [2.75, 3.05) is 18.4 Å². The Morgan fingerprint density at radius 2 is 2.23 bits per heavy atom. The summed E-state index contributed by atoms with van der Waals surface area (Å²) < 4.78 is 5.73. The Hall–Kier alpha value is -1.59. The Labute approximate surface area is 135 Å². The molecule has 5 nitrogen and oxygen atoms in total. The van der Waals surface area contributed by atoms with E-state index >= 15 is 0 Å². The Kier molecular flexibility index (Phi) is 4.36. The lowest BCUT2D eigenvalue weighted by Gasteiger charge is -2.08. The normalized spacial score (nSPS) is 20.8. The van der Waals surface area contributed by atoms with Crippen molar-refractivity contribution in [2.45, 2.75) is 31.6 Å². The zero-order valence-corrected chi connectivity index (χ0v) is 13.1. The third-order valence-corrected chi connectivity index (χ3v) is 4.25. The van der Waals surface area contributed by atoms with E-state index in [2.05, 4.69) is 15.6 Å². The highest BCUT2D eigenvalue weighted by atomic mass is 35.5. The Morgan fingerprint density at radius 1 is 1.36 bits per heavy atom. The van der Waals surface area contributed by atoms with Crippen molar-refractivity contribution in [3.8, 4) is 0 Å². The molecule has 0 radical (unpaired) electrons. The predicted molar refractivity (Wildman–Crippen MR) is 87.5 cm³/mol. The minimum absolute atomic E-state index is 0. The number of carbonyl (C=O) groups is 1. The van der Waals surface area contributed by atoms with Crippen LogP contribution < -0.4 is 10.6 Å². The van der Waals surface area contributed by atoms with Crippen LogP contribution in [0.2, 0.25) is 0 Å². The SMILES string of the molecule is Cl.O=C(CC1CCNC1)Nc1ccc2oc(C3CC3)nc2c1. The molecule has 1 amide bonds. The molecule has 0 bridgehead atoms. The lowest BCUT2D eigenvalue weighted by Crippen LogP contribution is -2.18. The van der Waals surface area contributed by atoms with Gasteiger partial charge in [-0.15, -0.1) is 12.4 Å². The van der Waals surface area contributed by atoms with Gasteiger partial charge in [0.05, 0.1) is 0 Å². The molecule has 1 aliphatic carbocycles. The molecule has 6 heteroatoms.